The SMILES string of the molecule is N#C/C(=C1\Nc2ccccc2O1)c1ccnc(NCCCC(=O)N2CCC(O)CC2)n1. The molecule has 0 aliphatic carbocycles. The van der Waals surface area contributed by atoms with Gasteiger partial charge in [-0.1, -0.05) is 12.1 Å². The largest absolute Gasteiger partial charge is 0.437 e. The van der Waals surface area contributed by atoms with E-state index >= 15 is 0 Å². The molecule has 2 aliphatic rings. The van der Waals surface area contributed by atoms with Crippen LogP contribution in [0.25, 0.3) is 5.57 Å². The molecule has 0 unspecified atom stereocenters. The van der Waals surface area contributed by atoms with Crippen LogP contribution in [0.1, 0.15) is 31.4 Å². The number of hydrogen-bond donors (Lipinski definition) is 3. The van der Waals surface area contributed by atoms with Crippen molar-refractivity contribution in [1.82, 2.24) is 14.9 Å². The van der Waals surface area contributed by atoms with Crippen molar-refractivity contribution in [2.75, 3.05) is 30.3 Å². The number of likely N-dealkylation sites (tertiary alicyclic amines) is 1. The van der Waals surface area contributed by atoms with E-state index in [-0.39, 0.29) is 17.6 Å². The number of hydrogen-bond acceptors (Lipinski definition) is 8. The Morgan fingerprint density at radius 2 is 2.13 bits per heavy atom. The van der Waals surface area contributed by atoms with Crippen molar-refractivity contribution >= 4 is 23.1 Å². The zero-order valence-corrected chi connectivity index (χ0v) is 17.0. The summed E-state index contributed by atoms with van der Waals surface area (Å²) in [4.78, 5) is 22.7. The summed E-state index contributed by atoms with van der Waals surface area (Å²) in [7, 11) is 0. The van der Waals surface area contributed by atoms with Crippen LogP contribution in [0.4, 0.5) is 11.6 Å². The Balaban J connectivity index is 1.33. The molecule has 4 rings (SSSR count). The molecule has 9 nitrogen and oxygen atoms in total. The van der Waals surface area contributed by atoms with Gasteiger partial charge in [-0.15, -0.1) is 0 Å². The van der Waals surface area contributed by atoms with Gasteiger partial charge in [0.25, 0.3) is 0 Å². The number of ether oxygens (including phenoxy) is 1. The average molecular weight is 420 g/mol. The Kier molecular flexibility index (Phi) is 6.29. The van der Waals surface area contributed by atoms with Gasteiger partial charge in [0, 0.05) is 32.3 Å². The standard InChI is InChI=1S/C22H24N6O3/c23-14-16(21-26-18-4-1-2-5-19(18)31-21)17-7-11-25-22(27-17)24-10-3-6-20(30)28-12-8-15(29)9-13-28/h1-2,4-5,7,11,15,26,29H,3,6,8-10,12-13H2,(H,24,25,27)/b21-16-. The number of nitrogens with zero attached hydrogens (tertiary/aromatic N) is 4. The molecule has 9 heteroatoms. The minimum Gasteiger partial charge on any atom is -0.437 e. The van der Waals surface area contributed by atoms with Crippen molar-refractivity contribution in [2.24, 2.45) is 0 Å². The van der Waals surface area contributed by atoms with Crippen LogP contribution in [0.15, 0.2) is 42.4 Å². The third kappa shape index (κ3) is 4.92. The summed E-state index contributed by atoms with van der Waals surface area (Å²) < 4.78 is 5.75. The van der Waals surface area contributed by atoms with Crippen molar-refractivity contribution < 1.29 is 14.6 Å². The number of aliphatic hydroxyl groups excluding tert-OH is 1. The normalized spacial score (nSPS) is 17.2. The highest BCUT2D eigenvalue weighted by molar-refractivity contribution is 5.81. The minimum absolute atomic E-state index is 0.101. The van der Waals surface area contributed by atoms with Crippen LogP contribution in [-0.2, 0) is 4.79 Å². The first-order valence-electron chi connectivity index (χ1n) is 10.4. The number of fused-ring (bicyclic) bond motifs is 1. The maximum atomic E-state index is 12.3. The van der Waals surface area contributed by atoms with Gasteiger partial charge in [0.2, 0.25) is 17.7 Å². The molecule has 0 spiro atoms. The maximum absolute atomic E-state index is 12.3. The molecule has 0 saturated carbocycles. The van der Waals surface area contributed by atoms with Crippen molar-refractivity contribution in [2.45, 2.75) is 31.8 Å². The number of carbonyl (C=O) groups is 1. The highest BCUT2D eigenvalue weighted by Crippen LogP contribution is 2.35. The van der Waals surface area contributed by atoms with E-state index < -0.39 is 0 Å². The summed E-state index contributed by atoms with van der Waals surface area (Å²) in [5.41, 5.74) is 1.52. The number of amides is 1. The Morgan fingerprint density at radius 3 is 2.90 bits per heavy atom. The Hall–Kier alpha value is -3.64. The lowest BCUT2D eigenvalue weighted by molar-refractivity contribution is -0.133. The molecule has 1 saturated heterocycles. The molecule has 1 aromatic carbocycles. The molecule has 0 atom stereocenters. The maximum Gasteiger partial charge on any atom is 0.223 e. The monoisotopic (exact) mass is 420 g/mol. The summed E-state index contributed by atoms with van der Waals surface area (Å²) in [5.74, 6) is 1.48. The molecule has 31 heavy (non-hydrogen) atoms. The third-order valence-electron chi connectivity index (χ3n) is 5.27. The van der Waals surface area contributed by atoms with Crippen LogP contribution in [-0.4, -0.2) is 51.6 Å². The second-order valence-electron chi connectivity index (χ2n) is 7.45. The summed E-state index contributed by atoms with van der Waals surface area (Å²) >= 11 is 0. The molecule has 2 aromatic rings. The first-order valence-corrected chi connectivity index (χ1v) is 10.4. The van der Waals surface area contributed by atoms with Gasteiger partial charge < -0.3 is 25.4 Å². The van der Waals surface area contributed by atoms with E-state index in [1.807, 2.05) is 29.2 Å². The quantitative estimate of drug-likeness (QED) is 0.481. The van der Waals surface area contributed by atoms with E-state index in [1.165, 1.54) is 0 Å². The number of allylic oxidation sites excluding steroid dienone is 1. The second kappa shape index (κ2) is 9.45. The van der Waals surface area contributed by atoms with Gasteiger partial charge in [0.05, 0.1) is 17.5 Å². The average Bonchev–Trinajstić information content (AvgIpc) is 3.21. The third-order valence-corrected chi connectivity index (χ3v) is 5.27. The van der Waals surface area contributed by atoms with Crippen LogP contribution in [0.5, 0.6) is 5.75 Å². The molecule has 0 bridgehead atoms. The number of para-hydroxylation sites is 2. The van der Waals surface area contributed by atoms with E-state index in [4.69, 9.17) is 4.74 Å². The van der Waals surface area contributed by atoms with E-state index in [1.54, 1.807) is 12.3 Å². The Labute approximate surface area is 180 Å². The van der Waals surface area contributed by atoms with Crippen LogP contribution >= 0.6 is 0 Å². The van der Waals surface area contributed by atoms with Gasteiger partial charge in [-0.25, -0.2) is 9.97 Å². The highest BCUT2D eigenvalue weighted by Gasteiger charge is 2.22. The number of nitrogens with one attached hydrogen (secondary N) is 2. The molecular weight excluding hydrogens is 396 g/mol. The predicted octanol–water partition coefficient (Wildman–Crippen LogP) is 2.35. The summed E-state index contributed by atoms with van der Waals surface area (Å²) in [6.07, 6.45) is 3.64. The first kappa shape index (κ1) is 20.6. The fourth-order valence-electron chi connectivity index (χ4n) is 3.55. The molecule has 0 radical (unpaired) electrons. The number of anilines is 2. The lowest BCUT2D eigenvalue weighted by Crippen LogP contribution is -2.40. The van der Waals surface area contributed by atoms with E-state index in [0.717, 1.165) is 5.69 Å². The van der Waals surface area contributed by atoms with Crippen molar-refractivity contribution in [3.05, 3.63) is 48.1 Å². The number of nitriles is 1. The number of piperidine rings is 1. The van der Waals surface area contributed by atoms with Gasteiger partial charge in [0.15, 0.2) is 5.75 Å². The van der Waals surface area contributed by atoms with Gasteiger partial charge in [-0.2, -0.15) is 5.26 Å². The fraction of sp³-hybridized carbons (Fsp3) is 0.364. The van der Waals surface area contributed by atoms with Gasteiger partial charge in [-0.05, 0) is 37.5 Å². The minimum atomic E-state index is -0.289. The number of aromatic nitrogens is 2. The van der Waals surface area contributed by atoms with E-state index in [0.29, 0.717) is 68.6 Å². The van der Waals surface area contributed by atoms with Crippen LogP contribution in [0, 0.1) is 11.3 Å². The Morgan fingerprint density at radius 1 is 1.32 bits per heavy atom. The van der Waals surface area contributed by atoms with Crippen molar-refractivity contribution in [3.8, 4) is 11.8 Å². The first-order chi connectivity index (χ1) is 15.1. The smallest absolute Gasteiger partial charge is 0.223 e. The molecule has 1 fully saturated rings. The number of aliphatic hydroxyl groups is 1. The highest BCUT2D eigenvalue weighted by atomic mass is 16.5. The number of rotatable bonds is 6. The van der Waals surface area contributed by atoms with Gasteiger partial charge in [-0.3, -0.25) is 4.79 Å². The second-order valence-corrected chi connectivity index (χ2v) is 7.45. The molecule has 3 heterocycles. The summed E-state index contributed by atoms with van der Waals surface area (Å²) in [6, 6.07) is 11.2. The lowest BCUT2D eigenvalue weighted by atomic mass is 10.1. The van der Waals surface area contributed by atoms with E-state index in [2.05, 4.69) is 26.7 Å². The summed E-state index contributed by atoms with van der Waals surface area (Å²) in [5, 5.41) is 25.4. The Bertz CT molecular complexity index is 997. The van der Waals surface area contributed by atoms with Gasteiger partial charge >= 0.3 is 0 Å². The topological polar surface area (TPSA) is 123 Å². The summed E-state index contributed by atoms with van der Waals surface area (Å²) in [6.45, 7) is 1.76. The molecule has 1 aromatic heterocycles. The molecular formula is C22H24N6O3. The zero-order valence-electron chi connectivity index (χ0n) is 17.0. The molecule has 160 valence electrons. The number of carbonyl (C=O) groups excluding carboxylic acids is 1. The van der Waals surface area contributed by atoms with Crippen LogP contribution < -0.4 is 15.4 Å². The van der Waals surface area contributed by atoms with Crippen molar-refractivity contribution in [3.63, 3.8) is 0 Å². The lowest BCUT2D eigenvalue weighted by Gasteiger charge is -2.29. The van der Waals surface area contributed by atoms with Gasteiger partial charge in [0.1, 0.15) is 11.6 Å². The fourth-order valence-corrected chi connectivity index (χ4v) is 3.55. The molecule has 2 aliphatic heterocycles. The van der Waals surface area contributed by atoms with Crippen molar-refractivity contribution in [1.29, 1.82) is 5.26 Å². The molecule has 1 amide bonds. The van der Waals surface area contributed by atoms with Crippen LogP contribution in [0.3, 0.4) is 0 Å². The molecule has 3 N–H and O–H groups in total. The predicted molar refractivity (Wildman–Crippen MR) is 115 cm³/mol. The zero-order chi connectivity index (χ0) is 21.6. The number of benzene rings is 1. The van der Waals surface area contributed by atoms with E-state index in [9.17, 15) is 15.2 Å². The van der Waals surface area contributed by atoms with Crippen LogP contribution in [0.2, 0.25) is 0 Å².